The van der Waals surface area contributed by atoms with Crippen molar-refractivity contribution in [1.82, 2.24) is 30.6 Å². The average molecular weight is 382 g/mol. The molecule has 148 valence electrons. The van der Waals surface area contributed by atoms with Gasteiger partial charge in [0.2, 0.25) is 5.95 Å². The van der Waals surface area contributed by atoms with Crippen molar-refractivity contribution < 1.29 is 4.74 Å². The van der Waals surface area contributed by atoms with Crippen molar-refractivity contribution in [3.05, 3.63) is 46.9 Å². The maximum Gasteiger partial charge on any atom is 0.222 e. The summed E-state index contributed by atoms with van der Waals surface area (Å²) in [4.78, 5) is 8.98. The van der Waals surface area contributed by atoms with Crippen LogP contribution in [0.25, 0.3) is 0 Å². The number of nitrogens with zero attached hydrogens (tertiary/aromatic N) is 5. The summed E-state index contributed by atoms with van der Waals surface area (Å²) < 4.78 is 5.52. The van der Waals surface area contributed by atoms with Crippen LogP contribution in [0.4, 0.5) is 11.8 Å². The lowest BCUT2D eigenvalue weighted by atomic mass is 10.0. The zero-order valence-electron chi connectivity index (χ0n) is 16.3. The molecule has 9 nitrogen and oxygen atoms in total. The highest BCUT2D eigenvalue weighted by molar-refractivity contribution is 5.53. The molecule has 2 heterocycles. The van der Waals surface area contributed by atoms with E-state index in [2.05, 4.69) is 42.8 Å². The number of hydrogen-bond donors (Lipinski definition) is 3. The smallest absolute Gasteiger partial charge is 0.222 e. The van der Waals surface area contributed by atoms with E-state index in [0.717, 1.165) is 47.8 Å². The number of nitrogens with one attached hydrogen (secondary N) is 2. The Bertz CT molecular complexity index is 882. The van der Waals surface area contributed by atoms with Gasteiger partial charge < -0.3 is 15.8 Å². The van der Waals surface area contributed by atoms with Gasteiger partial charge >= 0.3 is 0 Å². The Morgan fingerprint density at radius 2 is 2.04 bits per heavy atom. The molecule has 0 aliphatic carbocycles. The molecule has 0 spiro atoms. The number of methoxy groups -OCH3 is 1. The number of unbranched alkanes of at least 4 members (excludes halogenated alkanes) is 1. The van der Waals surface area contributed by atoms with Gasteiger partial charge in [0.05, 0.1) is 12.8 Å². The van der Waals surface area contributed by atoms with Crippen LogP contribution < -0.4 is 15.8 Å². The Hall–Kier alpha value is -3.23. The minimum Gasteiger partial charge on any atom is -0.496 e. The lowest BCUT2D eigenvalue weighted by Gasteiger charge is -2.16. The fourth-order valence-corrected chi connectivity index (χ4v) is 3.03. The average Bonchev–Trinajstić information content (AvgIpc) is 3.22. The number of aryl methyl sites for hydroxylation is 2. The van der Waals surface area contributed by atoms with Gasteiger partial charge in [-0.25, -0.2) is 4.98 Å². The van der Waals surface area contributed by atoms with E-state index in [0.29, 0.717) is 25.1 Å². The van der Waals surface area contributed by atoms with Crippen molar-refractivity contribution in [2.45, 2.75) is 39.0 Å². The molecule has 9 heteroatoms. The van der Waals surface area contributed by atoms with Crippen molar-refractivity contribution in [3.63, 3.8) is 0 Å². The topological polar surface area (TPSA) is 128 Å². The SMILES string of the molecule is CCCCNc1nc(N)nc(CCc2nn[nH]n2)c1Cc1ccccc1OC. The molecule has 0 saturated heterocycles. The number of H-pyrrole nitrogens is 1. The molecule has 3 aromatic rings. The Balaban J connectivity index is 1.93. The second-order valence-corrected chi connectivity index (χ2v) is 6.45. The number of nitrogens with two attached hydrogens (primary N) is 1. The first-order chi connectivity index (χ1) is 13.7. The number of tetrazole rings is 1. The third kappa shape index (κ3) is 4.93. The van der Waals surface area contributed by atoms with Crippen LogP contribution in [0.3, 0.4) is 0 Å². The molecule has 0 radical (unpaired) electrons. The lowest BCUT2D eigenvalue weighted by molar-refractivity contribution is 0.410. The van der Waals surface area contributed by atoms with Crippen LogP contribution in [-0.4, -0.2) is 44.2 Å². The standard InChI is InChI=1S/C19H26N8O/c1-3-4-11-21-18-14(12-13-7-5-6-8-16(13)28-2)15(22-19(20)23-18)9-10-17-24-26-27-25-17/h5-8H,3-4,9-12H2,1-2H3,(H3,20,21,22,23)(H,24,25,26,27). The summed E-state index contributed by atoms with van der Waals surface area (Å²) in [6.07, 6.45) is 4.04. The first-order valence-electron chi connectivity index (χ1n) is 9.44. The quantitative estimate of drug-likeness (QED) is 0.455. The number of aromatic nitrogens is 6. The zero-order valence-corrected chi connectivity index (χ0v) is 16.3. The fraction of sp³-hybridized carbons (Fsp3) is 0.421. The van der Waals surface area contributed by atoms with Gasteiger partial charge in [0.1, 0.15) is 11.6 Å². The van der Waals surface area contributed by atoms with E-state index < -0.39 is 0 Å². The summed E-state index contributed by atoms with van der Waals surface area (Å²) in [5, 5.41) is 17.6. The monoisotopic (exact) mass is 382 g/mol. The Morgan fingerprint density at radius 1 is 1.18 bits per heavy atom. The predicted octanol–water partition coefficient (Wildman–Crippen LogP) is 2.17. The van der Waals surface area contributed by atoms with E-state index in [1.165, 1.54) is 0 Å². The highest BCUT2D eigenvalue weighted by atomic mass is 16.5. The summed E-state index contributed by atoms with van der Waals surface area (Å²) >= 11 is 0. The highest BCUT2D eigenvalue weighted by Crippen LogP contribution is 2.27. The molecule has 3 rings (SSSR count). The summed E-state index contributed by atoms with van der Waals surface area (Å²) in [6.45, 7) is 2.98. The number of nitrogen functional groups attached to an aromatic ring is 1. The molecule has 28 heavy (non-hydrogen) atoms. The predicted molar refractivity (Wildman–Crippen MR) is 107 cm³/mol. The summed E-state index contributed by atoms with van der Waals surface area (Å²) in [6, 6.07) is 7.96. The minimum atomic E-state index is 0.255. The third-order valence-corrected chi connectivity index (χ3v) is 4.47. The van der Waals surface area contributed by atoms with Gasteiger partial charge in [0.15, 0.2) is 5.82 Å². The molecule has 0 aliphatic heterocycles. The van der Waals surface area contributed by atoms with Gasteiger partial charge in [0, 0.05) is 24.9 Å². The molecular weight excluding hydrogens is 356 g/mol. The van der Waals surface area contributed by atoms with E-state index in [4.69, 9.17) is 10.5 Å². The van der Waals surface area contributed by atoms with Gasteiger partial charge in [-0.15, -0.1) is 10.2 Å². The number of para-hydroxylation sites is 1. The molecule has 4 N–H and O–H groups in total. The first-order valence-corrected chi connectivity index (χ1v) is 9.44. The lowest BCUT2D eigenvalue weighted by Crippen LogP contribution is -2.14. The second-order valence-electron chi connectivity index (χ2n) is 6.45. The van der Waals surface area contributed by atoms with Crippen LogP contribution in [0, 0.1) is 0 Å². The summed E-state index contributed by atoms with van der Waals surface area (Å²) in [5.74, 6) is 2.50. The second kappa shape index (κ2) is 9.63. The number of ether oxygens (including phenoxy) is 1. The summed E-state index contributed by atoms with van der Waals surface area (Å²) in [7, 11) is 1.68. The first kappa shape index (κ1) is 19.5. The maximum atomic E-state index is 5.99. The van der Waals surface area contributed by atoms with Gasteiger partial charge in [-0.2, -0.15) is 10.2 Å². The Kier molecular flexibility index (Phi) is 6.72. The van der Waals surface area contributed by atoms with Crippen LogP contribution in [0.1, 0.15) is 42.4 Å². The van der Waals surface area contributed by atoms with Gasteiger partial charge in [-0.3, -0.25) is 0 Å². The molecule has 0 aliphatic rings. The number of anilines is 2. The van der Waals surface area contributed by atoms with E-state index >= 15 is 0 Å². The van der Waals surface area contributed by atoms with Crippen LogP contribution in [0.15, 0.2) is 24.3 Å². The van der Waals surface area contributed by atoms with Gasteiger partial charge in [-0.1, -0.05) is 36.8 Å². The van der Waals surface area contributed by atoms with Crippen LogP contribution in [0.5, 0.6) is 5.75 Å². The van der Waals surface area contributed by atoms with E-state index in [1.807, 2.05) is 24.3 Å². The largest absolute Gasteiger partial charge is 0.496 e. The summed E-state index contributed by atoms with van der Waals surface area (Å²) in [5.41, 5.74) is 8.95. The highest BCUT2D eigenvalue weighted by Gasteiger charge is 2.16. The van der Waals surface area contributed by atoms with Crippen LogP contribution in [-0.2, 0) is 19.3 Å². The van der Waals surface area contributed by atoms with Crippen molar-refractivity contribution in [2.75, 3.05) is 24.7 Å². The van der Waals surface area contributed by atoms with Crippen molar-refractivity contribution in [2.24, 2.45) is 0 Å². The molecular formula is C19H26N8O. The number of hydrogen-bond acceptors (Lipinski definition) is 8. The number of rotatable bonds is 10. The van der Waals surface area contributed by atoms with Crippen molar-refractivity contribution in [1.29, 1.82) is 0 Å². The van der Waals surface area contributed by atoms with Gasteiger partial charge in [0.25, 0.3) is 0 Å². The van der Waals surface area contributed by atoms with Crippen molar-refractivity contribution >= 4 is 11.8 Å². The molecule has 0 bridgehead atoms. The fourth-order valence-electron chi connectivity index (χ4n) is 3.03. The maximum absolute atomic E-state index is 5.99. The number of benzene rings is 1. The molecule has 0 amide bonds. The van der Waals surface area contributed by atoms with E-state index in [9.17, 15) is 0 Å². The molecule has 2 aromatic heterocycles. The zero-order chi connectivity index (χ0) is 19.8. The normalized spacial score (nSPS) is 10.8. The van der Waals surface area contributed by atoms with Crippen molar-refractivity contribution in [3.8, 4) is 5.75 Å². The molecule has 0 unspecified atom stereocenters. The minimum absolute atomic E-state index is 0.255. The Morgan fingerprint density at radius 3 is 2.79 bits per heavy atom. The molecule has 0 fully saturated rings. The molecule has 0 saturated carbocycles. The van der Waals surface area contributed by atoms with Crippen LogP contribution >= 0.6 is 0 Å². The van der Waals surface area contributed by atoms with Gasteiger partial charge in [-0.05, 0) is 24.5 Å². The number of aromatic amines is 1. The Labute approximate surface area is 164 Å². The van der Waals surface area contributed by atoms with E-state index in [1.54, 1.807) is 7.11 Å². The van der Waals surface area contributed by atoms with Crippen LogP contribution in [0.2, 0.25) is 0 Å². The molecule has 1 aromatic carbocycles. The third-order valence-electron chi connectivity index (χ3n) is 4.47. The van der Waals surface area contributed by atoms with E-state index in [-0.39, 0.29) is 5.95 Å². The molecule has 0 atom stereocenters.